The maximum Gasteiger partial charge on any atom is 0.327 e. The van der Waals surface area contributed by atoms with Crippen molar-refractivity contribution in [3.63, 3.8) is 0 Å². The lowest BCUT2D eigenvalue weighted by atomic mass is 10.0. The Balaban J connectivity index is 2.42. The molecular formula is C18H22Cl3N2O3P. The quantitative estimate of drug-likeness (QED) is 0.414. The van der Waals surface area contributed by atoms with Gasteiger partial charge in [-0.3, -0.25) is 9.46 Å². The summed E-state index contributed by atoms with van der Waals surface area (Å²) in [5.41, 5.74) is 1.61. The molecule has 0 amide bonds. The number of nitrogens with zero attached hydrogens (tertiary/aromatic N) is 2. The van der Waals surface area contributed by atoms with Crippen LogP contribution in [0.15, 0.2) is 36.4 Å². The highest BCUT2D eigenvalue weighted by Crippen LogP contribution is 2.42. The van der Waals surface area contributed by atoms with Gasteiger partial charge in [-0.05, 0) is 41.3 Å². The van der Waals surface area contributed by atoms with Crippen LogP contribution in [0.5, 0.6) is 0 Å². The van der Waals surface area contributed by atoms with Gasteiger partial charge in [0.05, 0.1) is 6.16 Å². The molecular weight excluding hydrogens is 430 g/mol. The number of rotatable bonds is 8. The van der Waals surface area contributed by atoms with Crippen molar-refractivity contribution >= 4 is 42.4 Å². The van der Waals surface area contributed by atoms with Crippen LogP contribution in [0, 0.1) is 5.92 Å². The van der Waals surface area contributed by atoms with Gasteiger partial charge in [0.1, 0.15) is 10.3 Å². The van der Waals surface area contributed by atoms with Crippen molar-refractivity contribution in [2.24, 2.45) is 5.92 Å². The molecule has 1 aromatic carbocycles. The second-order valence-electron chi connectivity index (χ2n) is 6.86. The third-order valence-electron chi connectivity index (χ3n) is 3.91. The molecule has 0 aliphatic rings. The first-order valence-corrected chi connectivity index (χ1v) is 11.3. The summed E-state index contributed by atoms with van der Waals surface area (Å²) in [6.45, 7) is 5.16. The summed E-state index contributed by atoms with van der Waals surface area (Å²) in [6.07, 6.45) is -0.298. The van der Waals surface area contributed by atoms with Gasteiger partial charge in [0.15, 0.2) is 0 Å². The van der Waals surface area contributed by atoms with Crippen LogP contribution >= 0.6 is 42.4 Å². The summed E-state index contributed by atoms with van der Waals surface area (Å²) >= 11 is 18.0. The van der Waals surface area contributed by atoms with E-state index in [1.165, 1.54) is 0 Å². The minimum atomic E-state index is -4.26. The van der Waals surface area contributed by atoms with Crippen molar-refractivity contribution in [3.8, 4) is 0 Å². The molecule has 0 saturated carbocycles. The Kier molecular flexibility index (Phi) is 8.14. The second-order valence-corrected chi connectivity index (χ2v) is 9.76. The van der Waals surface area contributed by atoms with Gasteiger partial charge in [0.25, 0.3) is 0 Å². The molecule has 0 aliphatic heterocycles. The van der Waals surface area contributed by atoms with E-state index >= 15 is 0 Å². The number of pyridine rings is 1. The molecule has 148 valence electrons. The first-order valence-electron chi connectivity index (χ1n) is 8.39. The van der Waals surface area contributed by atoms with Crippen LogP contribution in [0.25, 0.3) is 0 Å². The van der Waals surface area contributed by atoms with Gasteiger partial charge in [-0.1, -0.05) is 60.8 Å². The number of hydrogen-bond acceptors (Lipinski definition) is 3. The monoisotopic (exact) mass is 450 g/mol. The summed E-state index contributed by atoms with van der Waals surface area (Å²) in [5, 5.41) is 1.12. The molecule has 0 fully saturated rings. The molecule has 1 unspecified atom stereocenters. The SMILES string of the molecule is CC(C)CN(Cc1cc(Cl)nc(Cl)c1)C(CP(=O)(O)O)c1ccc(Cl)cc1. The van der Waals surface area contributed by atoms with Crippen LogP contribution in [0.4, 0.5) is 0 Å². The van der Waals surface area contributed by atoms with Gasteiger partial charge >= 0.3 is 7.60 Å². The Hall–Kier alpha value is -0.650. The lowest BCUT2D eigenvalue weighted by Gasteiger charge is -2.34. The molecule has 0 bridgehead atoms. The van der Waals surface area contributed by atoms with E-state index < -0.39 is 13.6 Å². The molecule has 2 rings (SSSR count). The van der Waals surface area contributed by atoms with E-state index in [-0.39, 0.29) is 22.4 Å². The zero-order valence-electron chi connectivity index (χ0n) is 15.0. The van der Waals surface area contributed by atoms with Crippen molar-refractivity contribution in [1.82, 2.24) is 9.88 Å². The third kappa shape index (κ3) is 7.71. The number of aromatic nitrogens is 1. The van der Waals surface area contributed by atoms with E-state index in [9.17, 15) is 14.4 Å². The summed E-state index contributed by atoms with van der Waals surface area (Å²) in [6, 6.07) is 9.95. The zero-order chi connectivity index (χ0) is 20.2. The smallest absolute Gasteiger partial charge is 0.324 e. The first-order chi connectivity index (χ1) is 12.5. The van der Waals surface area contributed by atoms with Crippen LogP contribution in [-0.2, 0) is 11.1 Å². The van der Waals surface area contributed by atoms with E-state index in [0.29, 0.717) is 18.1 Å². The van der Waals surface area contributed by atoms with Gasteiger partial charge in [-0.2, -0.15) is 0 Å². The summed E-state index contributed by atoms with van der Waals surface area (Å²) in [4.78, 5) is 25.3. The molecule has 0 radical (unpaired) electrons. The summed E-state index contributed by atoms with van der Waals surface area (Å²) < 4.78 is 11.8. The van der Waals surface area contributed by atoms with Crippen LogP contribution in [0.3, 0.4) is 0 Å². The maximum atomic E-state index is 11.8. The van der Waals surface area contributed by atoms with Gasteiger partial charge in [0.2, 0.25) is 0 Å². The lowest BCUT2D eigenvalue weighted by Crippen LogP contribution is -2.34. The van der Waals surface area contributed by atoms with E-state index in [0.717, 1.165) is 11.1 Å². The fraction of sp³-hybridized carbons (Fsp3) is 0.389. The Morgan fingerprint density at radius 1 is 1.07 bits per heavy atom. The molecule has 0 aliphatic carbocycles. The summed E-state index contributed by atoms with van der Waals surface area (Å²) in [5.74, 6) is 0.282. The largest absolute Gasteiger partial charge is 0.327 e. The number of hydrogen-bond donors (Lipinski definition) is 2. The predicted molar refractivity (Wildman–Crippen MR) is 111 cm³/mol. The molecule has 0 saturated heterocycles. The van der Waals surface area contributed by atoms with Crippen LogP contribution < -0.4 is 0 Å². The standard InChI is InChI=1S/C18H22Cl3N2O3P/c1-12(2)9-23(10-13-7-17(20)22-18(21)8-13)16(11-27(24,25)26)14-3-5-15(19)6-4-14/h3-8,12,16H,9-11H2,1-2H3,(H2,24,25,26). The van der Waals surface area contributed by atoms with Crippen LogP contribution in [-0.4, -0.2) is 32.4 Å². The lowest BCUT2D eigenvalue weighted by molar-refractivity contribution is 0.174. The third-order valence-corrected chi connectivity index (χ3v) is 5.38. The number of benzene rings is 1. The normalized spacial score (nSPS) is 13.4. The number of halogens is 3. The molecule has 5 nitrogen and oxygen atoms in total. The van der Waals surface area contributed by atoms with Crippen molar-refractivity contribution in [3.05, 3.63) is 62.9 Å². The predicted octanol–water partition coefficient (Wildman–Crippen LogP) is 5.42. The highest BCUT2D eigenvalue weighted by molar-refractivity contribution is 7.51. The van der Waals surface area contributed by atoms with Crippen molar-refractivity contribution in [2.45, 2.75) is 26.4 Å². The fourth-order valence-electron chi connectivity index (χ4n) is 2.95. The minimum absolute atomic E-state index is 0.278. The molecule has 1 atom stereocenters. The molecule has 27 heavy (non-hydrogen) atoms. The van der Waals surface area contributed by atoms with E-state index in [2.05, 4.69) is 18.8 Å². The average Bonchev–Trinajstić information content (AvgIpc) is 2.50. The van der Waals surface area contributed by atoms with Crippen LogP contribution in [0.2, 0.25) is 15.3 Å². The summed E-state index contributed by atoms with van der Waals surface area (Å²) in [7, 11) is -4.26. The molecule has 1 aromatic heterocycles. The van der Waals surface area contributed by atoms with E-state index in [1.807, 2.05) is 4.90 Å². The van der Waals surface area contributed by atoms with Crippen molar-refractivity contribution < 1.29 is 14.4 Å². The van der Waals surface area contributed by atoms with Crippen LogP contribution in [0.1, 0.15) is 31.0 Å². The molecule has 9 heteroatoms. The molecule has 0 spiro atoms. The Morgan fingerprint density at radius 2 is 1.63 bits per heavy atom. The average molecular weight is 452 g/mol. The first kappa shape index (κ1) is 22.6. The zero-order valence-corrected chi connectivity index (χ0v) is 18.2. The van der Waals surface area contributed by atoms with E-state index in [1.54, 1.807) is 36.4 Å². The fourth-order valence-corrected chi connectivity index (χ4v) is 4.48. The molecule has 2 N–H and O–H groups in total. The molecule has 2 aromatic rings. The maximum absolute atomic E-state index is 11.8. The molecule has 1 heterocycles. The van der Waals surface area contributed by atoms with Gasteiger partial charge in [-0.25, -0.2) is 4.98 Å². The Bertz CT molecular complexity index is 792. The second kappa shape index (κ2) is 9.71. The highest BCUT2D eigenvalue weighted by atomic mass is 35.5. The Morgan fingerprint density at radius 3 is 2.11 bits per heavy atom. The van der Waals surface area contributed by atoms with Gasteiger partial charge in [-0.15, -0.1) is 0 Å². The van der Waals surface area contributed by atoms with Gasteiger partial charge < -0.3 is 9.79 Å². The topological polar surface area (TPSA) is 73.7 Å². The van der Waals surface area contributed by atoms with Crippen molar-refractivity contribution in [1.29, 1.82) is 0 Å². The highest BCUT2D eigenvalue weighted by Gasteiger charge is 2.29. The van der Waals surface area contributed by atoms with Gasteiger partial charge in [0, 0.05) is 24.2 Å². The minimum Gasteiger partial charge on any atom is -0.324 e. The van der Waals surface area contributed by atoms with E-state index in [4.69, 9.17) is 34.8 Å². The van der Waals surface area contributed by atoms with Crippen molar-refractivity contribution in [2.75, 3.05) is 12.7 Å². The Labute approximate surface area is 174 Å².